The molecule has 0 saturated carbocycles. The van der Waals surface area contributed by atoms with Crippen LogP contribution in [0, 0.1) is 6.61 Å². The molecule has 0 heterocycles. The Hall–Kier alpha value is -1.08. The molecule has 1 aromatic carbocycles. The second-order valence-corrected chi connectivity index (χ2v) is 2.45. The third-order valence-electron chi connectivity index (χ3n) is 1.68. The zero-order chi connectivity index (χ0) is 8.81. The van der Waals surface area contributed by atoms with E-state index in [0.29, 0.717) is 6.61 Å². The molecule has 0 aliphatic rings. The Balaban J connectivity index is 2.75. The smallest absolute Gasteiger partial charge is 0.0810 e. The highest BCUT2D eigenvalue weighted by Gasteiger charge is 1.96. The molecule has 0 unspecified atom stereocenters. The summed E-state index contributed by atoms with van der Waals surface area (Å²) in [4.78, 5) is 0. The Morgan fingerprint density at radius 1 is 1.42 bits per heavy atom. The summed E-state index contributed by atoms with van der Waals surface area (Å²) in [5.41, 5.74) is 2.31. The molecule has 0 N–H and O–H groups in total. The van der Waals surface area contributed by atoms with Gasteiger partial charge in [-0.05, 0) is 18.1 Å². The Labute approximate surface area is 73.7 Å². The minimum Gasteiger partial charge on any atom is -0.371 e. The summed E-state index contributed by atoms with van der Waals surface area (Å²) in [6.45, 7) is 7.92. The number of rotatable bonds is 4. The zero-order valence-electron chi connectivity index (χ0n) is 7.29. The molecule has 0 amide bonds. The van der Waals surface area contributed by atoms with Crippen LogP contribution in [0.3, 0.4) is 0 Å². The maximum absolute atomic E-state index is 5.19. The summed E-state index contributed by atoms with van der Waals surface area (Å²) < 4.78 is 5.19. The maximum Gasteiger partial charge on any atom is 0.0810 e. The van der Waals surface area contributed by atoms with Crippen molar-refractivity contribution in [3.05, 3.63) is 48.6 Å². The van der Waals surface area contributed by atoms with Crippen molar-refractivity contribution in [1.29, 1.82) is 0 Å². The Morgan fingerprint density at radius 2 is 2.17 bits per heavy atom. The van der Waals surface area contributed by atoms with Crippen LogP contribution >= 0.6 is 0 Å². The van der Waals surface area contributed by atoms with Crippen LogP contribution in [0.1, 0.15) is 18.1 Å². The van der Waals surface area contributed by atoms with Crippen molar-refractivity contribution in [2.24, 2.45) is 0 Å². The second kappa shape index (κ2) is 4.73. The predicted molar refractivity (Wildman–Crippen MR) is 51.3 cm³/mol. The lowest BCUT2D eigenvalue weighted by Gasteiger charge is -2.04. The summed E-state index contributed by atoms with van der Waals surface area (Å²) in [5, 5.41) is 0. The standard InChI is InChI=1S/C11H13O/c1-3-10-7-5-6-8-11(10)9-12-4-2/h3-8H,1,9H2,2H3. The molecule has 0 fully saturated rings. The average molecular weight is 161 g/mol. The lowest BCUT2D eigenvalue weighted by Crippen LogP contribution is -1.91. The van der Waals surface area contributed by atoms with Crippen molar-refractivity contribution >= 4 is 6.08 Å². The number of ether oxygens (including phenoxy) is 1. The monoisotopic (exact) mass is 161 g/mol. The third-order valence-corrected chi connectivity index (χ3v) is 1.68. The van der Waals surface area contributed by atoms with Crippen molar-refractivity contribution in [2.75, 3.05) is 0 Å². The fourth-order valence-corrected chi connectivity index (χ4v) is 1.04. The number of hydrogen-bond acceptors (Lipinski definition) is 1. The van der Waals surface area contributed by atoms with Gasteiger partial charge in [0.1, 0.15) is 0 Å². The second-order valence-electron chi connectivity index (χ2n) is 2.45. The average Bonchev–Trinajstić information content (AvgIpc) is 2.15. The lowest BCUT2D eigenvalue weighted by molar-refractivity contribution is 0.191. The van der Waals surface area contributed by atoms with Crippen molar-refractivity contribution in [3.63, 3.8) is 0 Å². The van der Waals surface area contributed by atoms with Crippen LogP contribution in [0.2, 0.25) is 0 Å². The first-order valence-corrected chi connectivity index (χ1v) is 3.98. The summed E-state index contributed by atoms with van der Waals surface area (Å²) in [6.07, 6.45) is 1.84. The van der Waals surface area contributed by atoms with E-state index in [1.807, 2.05) is 37.3 Å². The van der Waals surface area contributed by atoms with E-state index in [1.165, 1.54) is 5.56 Å². The van der Waals surface area contributed by atoms with Gasteiger partial charge < -0.3 is 4.74 Å². The molecule has 0 spiro atoms. The molecule has 0 aliphatic carbocycles. The third kappa shape index (κ3) is 2.21. The van der Waals surface area contributed by atoms with Crippen LogP contribution < -0.4 is 0 Å². The quantitative estimate of drug-likeness (QED) is 0.659. The van der Waals surface area contributed by atoms with Crippen LogP contribution in [0.15, 0.2) is 30.8 Å². The molecular weight excluding hydrogens is 148 g/mol. The zero-order valence-corrected chi connectivity index (χ0v) is 7.29. The van der Waals surface area contributed by atoms with E-state index < -0.39 is 0 Å². The highest BCUT2D eigenvalue weighted by Crippen LogP contribution is 2.11. The highest BCUT2D eigenvalue weighted by atomic mass is 16.5. The van der Waals surface area contributed by atoms with Crippen LogP contribution in [0.4, 0.5) is 0 Å². The normalized spacial score (nSPS) is 9.75. The van der Waals surface area contributed by atoms with E-state index in [2.05, 4.69) is 6.58 Å². The van der Waals surface area contributed by atoms with Gasteiger partial charge in [0.15, 0.2) is 0 Å². The summed E-state index contributed by atoms with van der Waals surface area (Å²) in [5.74, 6) is 0. The summed E-state index contributed by atoms with van der Waals surface area (Å²) >= 11 is 0. The number of benzene rings is 1. The van der Waals surface area contributed by atoms with Gasteiger partial charge in [0, 0.05) is 0 Å². The first kappa shape index (κ1) is 9.01. The van der Waals surface area contributed by atoms with Crippen LogP contribution in [0.5, 0.6) is 0 Å². The van der Waals surface area contributed by atoms with E-state index in [9.17, 15) is 0 Å². The largest absolute Gasteiger partial charge is 0.371 e. The fraction of sp³-hybridized carbons (Fsp3) is 0.182. The summed E-state index contributed by atoms with van der Waals surface area (Å²) in [6, 6.07) is 8.07. The van der Waals surface area contributed by atoms with E-state index >= 15 is 0 Å². The van der Waals surface area contributed by atoms with Crippen LogP contribution in [-0.4, -0.2) is 0 Å². The lowest BCUT2D eigenvalue weighted by atomic mass is 10.1. The van der Waals surface area contributed by atoms with Gasteiger partial charge in [-0.15, -0.1) is 0 Å². The Kier molecular flexibility index (Phi) is 3.55. The Morgan fingerprint density at radius 3 is 2.83 bits per heavy atom. The molecular formula is C11H13O. The van der Waals surface area contributed by atoms with E-state index in [0.717, 1.165) is 5.56 Å². The van der Waals surface area contributed by atoms with Crippen molar-refractivity contribution in [2.45, 2.75) is 13.5 Å². The van der Waals surface area contributed by atoms with Gasteiger partial charge in [0.25, 0.3) is 0 Å². The Bertz CT molecular complexity index is 253. The van der Waals surface area contributed by atoms with Crippen LogP contribution in [-0.2, 0) is 11.3 Å². The summed E-state index contributed by atoms with van der Waals surface area (Å²) in [7, 11) is 0. The van der Waals surface area contributed by atoms with Gasteiger partial charge >= 0.3 is 0 Å². The van der Waals surface area contributed by atoms with Gasteiger partial charge in [-0.2, -0.15) is 0 Å². The predicted octanol–water partition coefficient (Wildman–Crippen LogP) is 3.03. The molecule has 1 aromatic rings. The van der Waals surface area contributed by atoms with E-state index in [-0.39, 0.29) is 0 Å². The topological polar surface area (TPSA) is 9.23 Å². The molecule has 1 rings (SSSR count). The molecule has 0 bridgehead atoms. The number of hydrogen-bond donors (Lipinski definition) is 0. The fourth-order valence-electron chi connectivity index (χ4n) is 1.04. The molecule has 0 saturated heterocycles. The van der Waals surface area contributed by atoms with Crippen molar-refractivity contribution in [3.8, 4) is 0 Å². The minimum atomic E-state index is 0.624. The van der Waals surface area contributed by atoms with Crippen molar-refractivity contribution in [1.82, 2.24) is 0 Å². The molecule has 63 valence electrons. The molecule has 0 aromatic heterocycles. The molecule has 12 heavy (non-hydrogen) atoms. The van der Waals surface area contributed by atoms with E-state index in [1.54, 1.807) is 6.61 Å². The SMILES string of the molecule is C=Cc1ccccc1CO[CH]C. The molecule has 0 atom stereocenters. The molecule has 1 heteroatoms. The van der Waals surface area contributed by atoms with Crippen molar-refractivity contribution < 1.29 is 4.74 Å². The maximum atomic E-state index is 5.19. The van der Waals surface area contributed by atoms with Gasteiger partial charge in [-0.1, -0.05) is 36.9 Å². The van der Waals surface area contributed by atoms with Gasteiger partial charge in [-0.3, -0.25) is 0 Å². The van der Waals surface area contributed by atoms with Gasteiger partial charge in [-0.25, -0.2) is 0 Å². The minimum absolute atomic E-state index is 0.624. The highest BCUT2D eigenvalue weighted by molar-refractivity contribution is 5.51. The molecule has 1 nitrogen and oxygen atoms in total. The van der Waals surface area contributed by atoms with Crippen LogP contribution in [0.25, 0.3) is 6.08 Å². The van der Waals surface area contributed by atoms with Gasteiger partial charge in [0.2, 0.25) is 0 Å². The molecule has 0 aliphatic heterocycles. The van der Waals surface area contributed by atoms with E-state index in [4.69, 9.17) is 4.74 Å². The molecule has 1 radical (unpaired) electrons. The first-order valence-electron chi connectivity index (χ1n) is 3.98. The van der Waals surface area contributed by atoms with Gasteiger partial charge in [0.05, 0.1) is 13.2 Å². The first-order chi connectivity index (χ1) is 5.88.